The summed E-state index contributed by atoms with van der Waals surface area (Å²) in [6.07, 6.45) is -1.12. The topological polar surface area (TPSA) is 69.9 Å². The molecule has 0 aromatic rings. The summed E-state index contributed by atoms with van der Waals surface area (Å²) in [7, 11) is 0. The Balaban J connectivity index is 2.33. The van der Waals surface area contributed by atoms with Crippen LogP contribution in [-0.4, -0.2) is 40.4 Å². The van der Waals surface area contributed by atoms with E-state index in [1.807, 2.05) is 0 Å². The van der Waals surface area contributed by atoms with Gasteiger partial charge in [-0.1, -0.05) is 0 Å². The lowest BCUT2D eigenvalue weighted by Crippen LogP contribution is -2.39. The summed E-state index contributed by atoms with van der Waals surface area (Å²) in [5.74, 6) is 0. The Morgan fingerprint density at radius 3 is 2.50 bits per heavy atom. The Bertz CT molecular complexity index is 106. The maximum Gasteiger partial charge on any atom is 0.181 e. The number of hydrogen-bond acceptors (Lipinski definition) is 4. The van der Waals surface area contributed by atoms with E-state index in [1.54, 1.807) is 0 Å². The molecule has 0 unspecified atom stereocenters. The molecule has 1 rings (SSSR count). The lowest BCUT2D eigenvalue weighted by molar-refractivity contribution is -0.221. The average molecular weight is 148 g/mol. The Hall–Kier alpha value is -0.160. The summed E-state index contributed by atoms with van der Waals surface area (Å²) in [5, 5.41) is 26.4. The van der Waals surface area contributed by atoms with Gasteiger partial charge < -0.3 is 20.1 Å². The highest BCUT2D eigenvalue weighted by atomic mass is 16.6. The molecule has 1 fully saturated rings. The number of aliphatic hydroxyl groups is 3. The van der Waals surface area contributed by atoms with Crippen molar-refractivity contribution in [3.63, 3.8) is 0 Å². The predicted octanol–water partition coefficient (Wildman–Crippen LogP) is -1.16. The number of aliphatic hydroxyl groups excluding tert-OH is 3. The fourth-order valence-electron chi connectivity index (χ4n) is 0.989. The van der Waals surface area contributed by atoms with Gasteiger partial charge in [0.15, 0.2) is 6.29 Å². The first-order chi connectivity index (χ1) is 4.74. The molecule has 10 heavy (non-hydrogen) atoms. The molecule has 1 aliphatic heterocycles. The van der Waals surface area contributed by atoms with Gasteiger partial charge in [-0.25, -0.2) is 0 Å². The van der Waals surface area contributed by atoms with Crippen LogP contribution in [0.2, 0.25) is 0 Å². The van der Waals surface area contributed by atoms with Crippen LogP contribution in [-0.2, 0) is 4.74 Å². The quantitative estimate of drug-likeness (QED) is 0.438. The maximum atomic E-state index is 8.93. The second-order valence-electron chi connectivity index (χ2n) is 2.48. The van der Waals surface area contributed by atoms with Crippen LogP contribution in [0, 0.1) is 0 Å². The standard InChI is InChI=1S/C6H12O4/c7-3-4-1-2-5(8)6(9)10-4/h4-9H,1-3H2/t4-,5-,6-/m1/s1. The van der Waals surface area contributed by atoms with Crippen LogP contribution in [0.3, 0.4) is 0 Å². The first-order valence-corrected chi connectivity index (χ1v) is 3.36. The van der Waals surface area contributed by atoms with Gasteiger partial charge >= 0.3 is 0 Å². The molecule has 0 saturated carbocycles. The Morgan fingerprint density at radius 2 is 2.00 bits per heavy atom. The number of rotatable bonds is 1. The van der Waals surface area contributed by atoms with Gasteiger partial charge in [0, 0.05) is 0 Å². The van der Waals surface area contributed by atoms with Crippen LogP contribution in [0.4, 0.5) is 0 Å². The molecule has 0 aromatic carbocycles. The molecule has 3 atom stereocenters. The zero-order chi connectivity index (χ0) is 7.56. The fourth-order valence-corrected chi connectivity index (χ4v) is 0.989. The zero-order valence-electron chi connectivity index (χ0n) is 5.60. The van der Waals surface area contributed by atoms with E-state index in [0.717, 1.165) is 0 Å². The number of ether oxygens (including phenoxy) is 1. The highest BCUT2D eigenvalue weighted by Gasteiger charge is 2.27. The lowest BCUT2D eigenvalue weighted by atomic mass is 10.1. The van der Waals surface area contributed by atoms with Gasteiger partial charge in [0.1, 0.15) is 6.10 Å². The van der Waals surface area contributed by atoms with Gasteiger partial charge in [-0.05, 0) is 12.8 Å². The van der Waals surface area contributed by atoms with Crippen LogP contribution in [0.5, 0.6) is 0 Å². The van der Waals surface area contributed by atoms with Crippen molar-refractivity contribution in [2.45, 2.75) is 31.3 Å². The van der Waals surface area contributed by atoms with Crippen molar-refractivity contribution >= 4 is 0 Å². The predicted molar refractivity (Wildman–Crippen MR) is 33.2 cm³/mol. The van der Waals surface area contributed by atoms with Gasteiger partial charge in [0.05, 0.1) is 12.7 Å². The molecule has 1 heterocycles. The molecule has 0 aromatic heterocycles. The molecule has 4 nitrogen and oxygen atoms in total. The normalized spacial score (nSPS) is 41.7. The van der Waals surface area contributed by atoms with E-state index in [0.29, 0.717) is 12.8 Å². The van der Waals surface area contributed by atoms with E-state index in [1.165, 1.54) is 0 Å². The smallest absolute Gasteiger partial charge is 0.181 e. The largest absolute Gasteiger partial charge is 0.394 e. The monoisotopic (exact) mass is 148 g/mol. The lowest BCUT2D eigenvalue weighted by Gasteiger charge is -2.29. The fraction of sp³-hybridized carbons (Fsp3) is 1.00. The first-order valence-electron chi connectivity index (χ1n) is 3.36. The van der Waals surface area contributed by atoms with Gasteiger partial charge in [0.25, 0.3) is 0 Å². The van der Waals surface area contributed by atoms with Crippen molar-refractivity contribution in [1.82, 2.24) is 0 Å². The summed E-state index contributed by atoms with van der Waals surface area (Å²) in [6.45, 7) is -0.0935. The Morgan fingerprint density at radius 1 is 1.30 bits per heavy atom. The third kappa shape index (κ3) is 1.67. The Kier molecular flexibility index (Phi) is 2.62. The maximum absolute atomic E-state index is 8.93. The first kappa shape index (κ1) is 7.94. The Labute approximate surface area is 59.1 Å². The molecular formula is C6H12O4. The molecule has 4 heteroatoms. The van der Waals surface area contributed by atoms with Gasteiger partial charge in [-0.3, -0.25) is 0 Å². The van der Waals surface area contributed by atoms with Crippen molar-refractivity contribution in [2.75, 3.05) is 6.61 Å². The number of hydrogen-bond donors (Lipinski definition) is 3. The minimum absolute atomic E-state index is 0.0935. The van der Waals surface area contributed by atoms with Crippen LogP contribution in [0.25, 0.3) is 0 Å². The minimum atomic E-state index is -1.12. The molecule has 0 bridgehead atoms. The third-order valence-corrected chi connectivity index (χ3v) is 1.65. The van der Waals surface area contributed by atoms with E-state index in [9.17, 15) is 0 Å². The van der Waals surface area contributed by atoms with Crippen LogP contribution < -0.4 is 0 Å². The second kappa shape index (κ2) is 3.30. The van der Waals surface area contributed by atoms with Crippen LogP contribution in [0.1, 0.15) is 12.8 Å². The van der Waals surface area contributed by atoms with E-state index < -0.39 is 12.4 Å². The van der Waals surface area contributed by atoms with Crippen molar-refractivity contribution < 1.29 is 20.1 Å². The summed E-state index contributed by atoms with van der Waals surface area (Å²) in [6, 6.07) is 0. The van der Waals surface area contributed by atoms with Crippen molar-refractivity contribution in [3.8, 4) is 0 Å². The van der Waals surface area contributed by atoms with Crippen LogP contribution >= 0.6 is 0 Å². The molecule has 0 aliphatic carbocycles. The average Bonchev–Trinajstić information content (AvgIpc) is 1.95. The van der Waals surface area contributed by atoms with Gasteiger partial charge in [0.2, 0.25) is 0 Å². The van der Waals surface area contributed by atoms with Crippen molar-refractivity contribution in [2.24, 2.45) is 0 Å². The molecule has 0 spiro atoms. The van der Waals surface area contributed by atoms with E-state index >= 15 is 0 Å². The highest BCUT2D eigenvalue weighted by Crippen LogP contribution is 2.17. The van der Waals surface area contributed by atoms with Crippen LogP contribution in [0.15, 0.2) is 0 Å². The molecule has 0 amide bonds. The molecule has 0 radical (unpaired) electrons. The molecule has 60 valence electrons. The minimum Gasteiger partial charge on any atom is -0.394 e. The highest BCUT2D eigenvalue weighted by molar-refractivity contribution is 4.70. The van der Waals surface area contributed by atoms with E-state index in [-0.39, 0.29) is 12.7 Å². The van der Waals surface area contributed by atoms with Crippen molar-refractivity contribution in [3.05, 3.63) is 0 Å². The summed E-state index contributed by atoms with van der Waals surface area (Å²) in [4.78, 5) is 0. The van der Waals surface area contributed by atoms with Gasteiger partial charge in [-0.15, -0.1) is 0 Å². The molecule has 1 aliphatic rings. The second-order valence-corrected chi connectivity index (χ2v) is 2.48. The third-order valence-electron chi connectivity index (χ3n) is 1.65. The summed E-state index contributed by atoms with van der Waals surface area (Å²) < 4.78 is 4.80. The SMILES string of the molecule is OC[C@H]1CC[C@@H](O)[C@H](O)O1. The van der Waals surface area contributed by atoms with Crippen molar-refractivity contribution in [1.29, 1.82) is 0 Å². The molecular weight excluding hydrogens is 136 g/mol. The summed E-state index contributed by atoms with van der Waals surface area (Å²) >= 11 is 0. The van der Waals surface area contributed by atoms with E-state index in [4.69, 9.17) is 20.1 Å². The molecule has 3 N–H and O–H groups in total. The summed E-state index contributed by atoms with van der Waals surface area (Å²) in [5.41, 5.74) is 0. The van der Waals surface area contributed by atoms with Gasteiger partial charge in [-0.2, -0.15) is 0 Å². The molecule has 1 saturated heterocycles. The zero-order valence-corrected chi connectivity index (χ0v) is 5.60. The van der Waals surface area contributed by atoms with E-state index in [2.05, 4.69) is 0 Å².